The van der Waals surface area contributed by atoms with Gasteiger partial charge in [0.05, 0.1) is 17.0 Å². The lowest BCUT2D eigenvalue weighted by Crippen LogP contribution is -2.51. The summed E-state index contributed by atoms with van der Waals surface area (Å²) in [4.78, 5) is 27.1. The fourth-order valence-corrected chi connectivity index (χ4v) is 4.20. The van der Waals surface area contributed by atoms with Crippen LogP contribution in [0.3, 0.4) is 0 Å². The summed E-state index contributed by atoms with van der Waals surface area (Å²) >= 11 is 5.80. The van der Waals surface area contributed by atoms with Crippen LogP contribution in [0.2, 0.25) is 5.02 Å². The van der Waals surface area contributed by atoms with Crippen LogP contribution in [0.5, 0.6) is 0 Å². The van der Waals surface area contributed by atoms with Crippen molar-refractivity contribution in [1.82, 2.24) is 10.2 Å². The summed E-state index contributed by atoms with van der Waals surface area (Å²) in [5.41, 5.74) is 0.146. The van der Waals surface area contributed by atoms with Crippen molar-refractivity contribution in [3.8, 4) is 0 Å². The quantitative estimate of drug-likeness (QED) is 0.462. The molecule has 0 aliphatic heterocycles. The maximum absolute atomic E-state index is 14.3. The molecular formula is C23H28ClF2N3O4S. The molecule has 2 rings (SSSR count). The number of halogens is 3. The second-order valence-corrected chi connectivity index (χ2v) is 10.1. The fraction of sp³-hybridized carbons (Fsp3) is 0.391. The zero-order valence-corrected chi connectivity index (χ0v) is 20.8. The van der Waals surface area contributed by atoms with E-state index in [-0.39, 0.29) is 22.8 Å². The summed E-state index contributed by atoms with van der Waals surface area (Å²) in [5, 5.41) is 2.42. The van der Waals surface area contributed by atoms with Crippen molar-refractivity contribution in [2.75, 3.05) is 23.7 Å². The first-order valence-electron chi connectivity index (χ1n) is 10.7. The van der Waals surface area contributed by atoms with Gasteiger partial charge < -0.3 is 10.2 Å². The summed E-state index contributed by atoms with van der Waals surface area (Å²) in [6, 6.07) is 8.04. The van der Waals surface area contributed by atoms with Crippen LogP contribution in [0, 0.1) is 11.6 Å². The Kier molecular flexibility index (Phi) is 9.81. The Morgan fingerprint density at radius 1 is 1.12 bits per heavy atom. The minimum atomic E-state index is -3.99. The van der Waals surface area contributed by atoms with E-state index in [0.29, 0.717) is 6.54 Å². The molecule has 7 nitrogen and oxygen atoms in total. The molecule has 1 atom stereocenters. The number of rotatable bonds is 11. The van der Waals surface area contributed by atoms with Crippen molar-refractivity contribution >= 4 is 39.1 Å². The standard InChI is InChI=1S/C23H28ClF2N3O4S/c1-4-5-12-27-23(31)16(2)28(14-17-8-6-7-9-20(17)25)22(30)15-29(34(3,32)33)18-10-11-21(26)19(24)13-18/h6-11,13,16H,4-5,12,14-15H2,1-3H3,(H,27,31). The van der Waals surface area contributed by atoms with E-state index in [1.54, 1.807) is 6.07 Å². The van der Waals surface area contributed by atoms with Crippen molar-refractivity contribution in [1.29, 1.82) is 0 Å². The van der Waals surface area contributed by atoms with E-state index in [0.717, 1.165) is 40.4 Å². The average molecular weight is 516 g/mol. The van der Waals surface area contributed by atoms with Crippen LogP contribution in [0.25, 0.3) is 0 Å². The third kappa shape index (κ3) is 7.39. The summed E-state index contributed by atoms with van der Waals surface area (Å²) in [6.07, 6.45) is 2.49. The molecule has 0 radical (unpaired) electrons. The molecule has 1 N–H and O–H groups in total. The van der Waals surface area contributed by atoms with Crippen LogP contribution in [0.1, 0.15) is 32.3 Å². The number of carbonyl (C=O) groups is 2. The highest BCUT2D eigenvalue weighted by molar-refractivity contribution is 7.92. The number of sulfonamides is 1. The van der Waals surface area contributed by atoms with E-state index < -0.39 is 46.1 Å². The topological polar surface area (TPSA) is 86.8 Å². The highest BCUT2D eigenvalue weighted by Gasteiger charge is 2.30. The lowest BCUT2D eigenvalue weighted by molar-refractivity contribution is -0.139. The monoisotopic (exact) mass is 515 g/mol. The first-order chi connectivity index (χ1) is 16.0. The lowest BCUT2D eigenvalue weighted by atomic mass is 10.1. The Morgan fingerprint density at radius 2 is 1.79 bits per heavy atom. The number of hydrogen-bond donors (Lipinski definition) is 1. The molecule has 186 valence electrons. The summed E-state index contributed by atoms with van der Waals surface area (Å²) in [7, 11) is -3.99. The SMILES string of the molecule is CCCCNC(=O)C(C)N(Cc1ccccc1F)C(=O)CN(c1ccc(F)c(Cl)c1)S(C)(=O)=O. The predicted molar refractivity (Wildman–Crippen MR) is 128 cm³/mol. The molecule has 1 unspecified atom stereocenters. The predicted octanol–water partition coefficient (Wildman–Crippen LogP) is 3.72. The third-order valence-corrected chi connectivity index (χ3v) is 6.60. The zero-order valence-electron chi connectivity index (χ0n) is 19.2. The number of nitrogens with one attached hydrogen (secondary N) is 1. The molecule has 2 aromatic rings. The number of nitrogens with zero attached hydrogens (tertiary/aromatic N) is 2. The minimum absolute atomic E-state index is 0.0202. The van der Waals surface area contributed by atoms with E-state index in [1.807, 2.05) is 6.92 Å². The molecule has 0 saturated heterocycles. The van der Waals surface area contributed by atoms with Gasteiger partial charge in [-0.15, -0.1) is 0 Å². The van der Waals surface area contributed by atoms with Gasteiger partial charge in [0.1, 0.15) is 24.2 Å². The molecule has 0 aromatic heterocycles. The molecule has 2 amide bonds. The molecule has 0 heterocycles. The number of unbranched alkanes of at least 4 members (excludes halogenated alkanes) is 1. The Labute approximate surface area is 203 Å². The normalized spacial score (nSPS) is 12.2. The van der Waals surface area contributed by atoms with Crippen molar-refractivity contribution in [3.05, 3.63) is 64.7 Å². The molecule has 0 aliphatic carbocycles. The van der Waals surface area contributed by atoms with Crippen molar-refractivity contribution in [2.24, 2.45) is 0 Å². The number of carbonyl (C=O) groups excluding carboxylic acids is 2. The Bertz CT molecular complexity index is 1130. The highest BCUT2D eigenvalue weighted by atomic mass is 35.5. The van der Waals surface area contributed by atoms with Gasteiger partial charge in [-0.1, -0.05) is 43.1 Å². The second-order valence-electron chi connectivity index (χ2n) is 7.80. The summed E-state index contributed by atoms with van der Waals surface area (Å²) in [6.45, 7) is 2.91. The molecule has 2 aromatic carbocycles. The maximum Gasteiger partial charge on any atom is 0.244 e. The first-order valence-corrected chi connectivity index (χ1v) is 12.9. The summed E-state index contributed by atoms with van der Waals surface area (Å²) in [5.74, 6) is -2.51. The Morgan fingerprint density at radius 3 is 2.38 bits per heavy atom. The molecule has 0 bridgehead atoms. The largest absolute Gasteiger partial charge is 0.354 e. The van der Waals surface area contributed by atoms with Gasteiger partial charge in [-0.2, -0.15) is 0 Å². The molecule has 0 saturated carbocycles. The van der Waals surface area contributed by atoms with Gasteiger partial charge in [0.2, 0.25) is 21.8 Å². The number of hydrogen-bond acceptors (Lipinski definition) is 4. The number of benzene rings is 2. The number of anilines is 1. The van der Waals surface area contributed by atoms with Crippen LogP contribution in [-0.2, 0) is 26.2 Å². The third-order valence-electron chi connectivity index (χ3n) is 5.17. The Balaban J connectivity index is 2.38. The molecular weight excluding hydrogens is 488 g/mol. The highest BCUT2D eigenvalue weighted by Crippen LogP contribution is 2.25. The van der Waals surface area contributed by atoms with E-state index in [9.17, 15) is 26.8 Å². The van der Waals surface area contributed by atoms with E-state index >= 15 is 0 Å². The zero-order chi connectivity index (χ0) is 25.5. The van der Waals surface area contributed by atoms with E-state index in [1.165, 1.54) is 31.2 Å². The van der Waals surface area contributed by atoms with Crippen LogP contribution < -0.4 is 9.62 Å². The fourth-order valence-electron chi connectivity index (χ4n) is 3.18. The molecule has 34 heavy (non-hydrogen) atoms. The molecule has 0 fully saturated rings. The van der Waals surface area contributed by atoms with E-state index in [4.69, 9.17) is 11.6 Å². The smallest absolute Gasteiger partial charge is 0.244 e. The average Bonchev–Trinajstić information content (AvgIpc) is 2.77. The number of amides is 2. The first kappa shape index (κ1) is 27.5. The van der Waals surface area contributed by atoms with Crippen LogP contribution in [0.4, 0.5) is 14.5 Å². The molecule has 11 heteroatoms. The van der Waals surface area contributed by atoms with Crippen LogP contribution in [-0.4, -0.2) is 50.5 Å². The molecule has 0 spiro atoms. The van der Waals surface area contributed by atoms with Gasteiger partial charge in [0.25, 0.3) is 0 Å². The maximum atomic E-state index is 14.3. The van der Waals surface area contributed by atoms with Gasteiger partial charge in [-0.3, -0.25) is 13.9 Å². The second kappa shape index (κ2) is 12.1. The van der Waals surface area contributed by atoms with Gasteiger partial charge >= 0.3 is 0 Å². The van der Waals surface area contributed by atoms with Gasteiger partial charge in [-0.25, -0.2) is 17.2 Å². The minimum Gasteiger partial charge on any atom is -0.354 e. The van der Waals surface area contributed by atoms with Crippen LogP contribution >= 0.6 is 11.6 Å². The van der Waals surface area contributed by atoms with Gasteiger partial charge in [0.15, 0.2) is 0 Å². The Hall–Kier alpha value is -2.72. The summed E-state index contributed by atoms with van der Waals surface area (Å²) < 4.78 is 53.6. The van der Waals surface area contributed by atoms with E-state index in [2.05, 4.69) is 5.32 Å². The van der Waals surface area contributed by atoms with Gasteiger partial charge in [0, 0.05) is 18.7 Å². The molecule has 0 aliphatic rings. The lowest BCUT2D eigenvalue weighted by Gasteiger charge is -2.31. The van der Waals surface area contributed by atoms with Crippen molar-refractivity contribution in [2.45, 2.75) is 39.3 Å². The van der Waals surface area contributed by atoms with Crippen molar-refractivity contribution in [3.63, 3.8) is 0 Å². The van der Waals surface area contributed by atoms with Gasteiger partial charge in [-0.05, 0) is 37.6 Å². The van der Waals surface area contributed by atoms with Crippen molar-refractivity contribution < 1.29 is 26.8 Å². The van der Waals surface area contributed by atoms with Crippen LogP contribution in [0.15, 0.2) is 42.5 Å².